The fourth-order valence-corrected chi connectivity index (χ4v) is 3.91. The maximum absolute atomic E-state index is 4.95. The van der Waals surface area contributed by atoms with Gasteiger partial charge in [-0.2, -0.15) is 5.10 Å². The number of fused-ring (bicyclic) bond motifs is 1. The number of guanidine groups is 1. The van der Waals surface area contributed by atoms with Crippen molar-refractivity contribution in [3.63, 3.8) is 0 Å². The lowest BCUT2D eigenvalue weighted by molar-refractivity contribution is 0.391. The highest BCUT2D eigenvalue weighted by Crippen LogP contribution is 2.48. The number of hydrogen-bond acceptors (Lipinski definition) is 3. The van der Waals surface area contributed by atoms with Crippen LogP contribution in [0.3, 0.4) is 0 Å². The van der Waals surface area contributed by atoms with E-state index in [9.17, 15) is 0 Å². The Morgan fingerprint density at radius 1 is 1.30 bits per heavy atom. The summed E-state index contributed by atoms with van der Waals surface area (Å²) < 4.78 is 2.04. The molecule has 2 N–H and O–H groups in total. The molecule has 1 fully saturated rings. The quantitative estimate of drug-likeness (QED) is 0.609. The van der Waals surface area contributed by atoms with E-state index in [4.69, 9.17) is 4.99 Å². The summed E-state index contributed by atoms with van der Waals surface area (Å²) in [7, 11) is 0. The van der Waals surface area contributed by atoms with Crippen LogP contribution in [0.15, 0.2) is 35.3 Å². The maximum atomic E-state index is 4.95. The number of nitrogens with one attached hydrogen (secondary N) is 2. The summed E-state index contributed by atoms with van der Waals surface area (Å²) in [4.78, 5) is 9.44. The van der Waals surface area contributed by atoms with Crippen LogP contribution in [0.25, 0.3) is 0 Å². The molecule has 2 heterocycles. The Hall–Kier alpha value is -2.37. The highest BCUT2D eigenvalue weighted by molar-refractivity contribution is 5.80. The van der Waals surface area contributed by atoms with E-state index >= 15 is 0 Å². The van der Waals surface area contributed by atoms with Crippen molar-refractivity contribution in [2.24, 2.45) is 10.4 Å². The van der Waals surface area contributed by atoms with Crippen LogP contribution in [0.4, 0.5) is 0 Å². The molecule has 1 unspecified atom stereocenters. The van der Waals surface area contributed by atoms with Gasteiger partial charge in [-0.15, -0.1) is 0 Å². The molecule has 1 saturated carbocycles. The van der Waals surface area contributed by atoms with Gasteiger partial charge in [-0.25, -0.2) is 9.67 Å². The predicted octanol–water partition coefficient (Wildman–Crippen LogP) is 2.48. The van der Waals surface area contributed by atoms with Crippen molar-refractivity contribution >= 4 is 5.96 Å². The van der Waals surface area contributed by atoms with Crippen LogP contribution in [-0.4, -0.2) is 39.9 Å². The first-order valence-corrected chi connectivity index (χ1v) is 10.1. The van der Waals surface area contributed by atoms with E-state index in [1.54, 1.807) is 0 Å². The molecule has 27 heavy (non-hydrogen) atoms. The lowest BCUT2D eigenvalue weighted by Crippen LogP contribution is -2.47. The Bertz CT molecular complexity index is 790. The number of aromatic nitrogens is 3. The minimum absolute atomic E-state index is 0.348. The van der Waals surface area contributed by atoms with Crippen molar-refractivity contribution in [1.29, 1.82) is 0 Å². The molecule has 0 saturated heterocycles. The average molecular weight is 367 g/mol. The Morgan fingerprint density at radius 3 is 2.85 bits per heavy atom. The van der Waals surface area contributed by atoms with Gasteiger partial charge in [-0.05, 0) is 50.5 Å². The molecule has 1 aliphatic heterocycles. The molecule has 2 aliphatic rings. The normalized spacial score (nSPS) is 20.8. The molecular formula is C21H30N6. The minimum Gasteiger partial charge on any atom is -0.357 e. The number of nitrogens with zero attached hydrogens (tertiary/aromatic N) is 4. The molecule has 0 amide bonds. The second kappa shape index (κ2) is 7.71. The van der Waals surface area contributed by atoms with E-state index in [0.29, 0.717) is 11.5 Å². The zero-order valence-electron chi connectivity index (χ0n) is 16.4. The summed E-state index contributed by atoms with van der Waals surface area (Å²) in [6, 6.07) is 11.1. The fourth-order valence-electron chi connectivity index (χ4n) is 3.91. The molecule has 2 aromatic rings. The van der Waals surface area contributed by atoms with Crippen LogP contribution in [0.5, 0.6) is 0 Å². The molecule has 1 atom stereocenters. The van der Waals surface area contributed by atoms with Gasteiger partial charge in [0, 0.05) is 25.6 Å². The first kappa shape index (κ1) is 18.0. The van der Waals surface area contributed by atoms with Gasteiger partial charge in [0.15, 0.2) is 5.96 Å². The van der Waals surface area contributed by atoms with Gasteiger partial charge in [0.2, 0.25) is 0 Å². The maximum Gasteiger partial charge on any atom is 0.191 e. The van der Waals surface area contributed by atoms with Crippen molar-refractivity contribution in [3.05, 3.63) is 47.5 Å². The third-order valence-electron chi connectivity index (χ3n) is 5.60. The summed E-state index contributed by atoms with van der Waals surface area (Å²) in [6.45, 7) is 6.69. The van der Waals surface area contributed by atoms with Crippen LogP contribution >= 0.6 is 0 Å². The number of aryl methyl sites for hydroxylation is 2. The largest absolute Gasteiger partial charge is 0.357 e. The van der Waals surface area contributed by atoms with Crippen molar-refractivity contribution < 1.29 is 0 Å². The zero-order valence-corrected chi connectivity index (χ0v) is 16.4. The van der Waals surface area contributed by atoms with Gasteiger partial charge in [0.25, 0.3) is 0 Å². The second-order valence-electron chi connectivity index (χ2n) is 7.99. The monoisotopic (exact) mass is 366 g/mol. The van der Waals surface area contributed by atoms with Gasteiger partial charge < -0.3 is 10.6 Å². The molecule has 1 aromatic carbocycles. The van der Waals surface area contributed by atoms with Gasteiger partial charge in [0.05, 0.1) is 6.54 Å². The van der Waals surface area contributed by atoms with E-state index in [-0.39, 0.29) is 0 Å². The molecule has 0 bridgehead atoms. The summed E-state index contributed by atoms with van der Waals surface area (Å²) in [6.07, 6.45) is 5.71. The molecule has 144 valence electrons. The third kappa shape index (κ3) is 4.49. The lowest BCUT2D eigenvalue weighted by Gasteiger charge is -2.25. The molecule has 0 spiro atoms. The van der Waals surface area contributed by atoms with Gasteiger partial charge in [-0.1, -0.05) is 30.3 Å². The lowest BCUT2D eigenvalue weighted by atomic mass is 9.97. The van der Waals surface area contributed by atoms with Crippen LogP contribution in [0.2, 0.25) is 0 Å². The summed E-state index contributed by atoms with van der Waals surface area (Å²) in [5.74, 6) is 2.90. The Balaban J connectivity index is 1.37. The van der Waals surface area contributed by atoms with Gasteiger partial charge in [0.1, 0.15) is 11.6 Å². The van der Waals surface area contributed by atoms with Crippen molar-refractivity contribution in [2.45, 2.75) is 58.5 Å². The van der Waals surface area contributed by atoms with E-state index in [2.05, 4.69) is 58.0 Å². The minimum atomic E-state index is 0.348. The van der Waals surface area contributed by atoms with Crippen molar-refractivity contribution in [1.82, 2.24) is 25.4 Å². The van der Waals surface area contributed by atoms with E-state index in [0.717, 1.165) is 56.5 Å². The summed E-state index contributed by atoms with van der Waals surface area (Å²) in [5.41, 5.74) is 1.77. The average Bonchev–Trinajstić information content (AvgIpc) is 3.32. The van der Waals surface area contributed by atoms with Gasteiger partial charge in [-0.3, -0.25) is 4.99 Å². The van der Waals surface area contributed by atoms with Crippen LogP contribution in [0.1, 0.15) is 43.4 Å². The second-order valence-corrected chi connectivity index (χ2v) is 7.99. The summed E-state index contributed by atoms with van der Waals surface area (Å²) >= 11 is 0. The van der Waals surface area contributed by atoms with Crippen molar-refractivity contribution in [3.8, 4) is 0 Å². The van der Waals surface area contributed by atoms with Crippen molar-refractivity contribution in [2.75, 3.05) is 13.1 Å². The molecule has 4 rings (SSSR count). The molecule has 6 heteroatoms. The molecule has 1 aromatic heterocycles. The number of hydrogen-bond donors (Lipinski definition) is 2. The zero-order chi connectivity index (χ0) is 18.7. The van der Waals surface area contributed by atoms with E-state index < -0.39 is 0 Å². The Kier molecular flexibility index (Phi) is 5.14. The van der Waals surface area contributed by atoms with Crippen LogP contribution < -0.4 is 10.6 Å². The van der Waals surface area contributed by atoms with Crippen LogP contribution in [-0.2, 0) is 19.4 Å². The highest BCUT2D eigenvalue weighted by Gasteiger charge is 2.42. The number of benzene rings is 1. The fraction of sp³-hybridized carbons (Fsp3) is 0.571. The van der Waals surface area contributed by atoms with E-state index in [1.165, 1.54) is 18.4 Å². The Morgan fingerprint density at radius 2 is 2.11 bits per heavy atom. The van der Waals surface area contributed by atoms with Crippen LogP contribution in [0, 0.1) is 12.3 Å². The smallest absolute Gasteiger partial charge is 0.191 e. The molecule has 1 aliphatic carbocycles. The first-order chi connectivity index (χ1) is 13.2. The van der Waals surface area contributed by atoms with E-state index in [1.807, 2.05) is 11.6 Å². The predicted molar refractivity (Wildman–Crippen MR) is 108 cm³/mol. The SMILES string of the molecule is CCNC(=NCC1(Cc2ccccc2)CC1)NC1CCc2nc(C)nn2C1. The molecule has 6 nitrogen and oxygen atoms in total. The number of rotatable bonds is 6. The Labute approximate surface area is 161 Å². The number of aliphatic imine (C=N–C) groups is 1. The first-order valence-electron chi connectivity index (χ1n) is 10.1. The molecule has 0 radical (unpaired) electrons. The summed E-state index contributed by atoms with van der Waals surface area (Å²) in [5, 5.41) is 11.5. The van der Waals surface area contributed by atoms with Gasteiger partial charge >= 0.3 is 0 Å². The third-order valence-corrected chi connectivity index (χ3v) is 5.60. The standard InChI is InChI=1S/C21H30N6/c1-3-22-20(25-18-9-10-19-24-16(2)26-27(19)14-18)23-15-21(11-12-21)13-17-7-5-4-6-8-17/h4-8,18H,3,9-15H2,1-2H3,(H2,22,23,25). The molecular weight excluding hydrogens is 336 g/mol. The highest BCUT2D eigenvalue weighted by atomic mass is 15.4. The topological polar surface area (TPSA) is 67.1 Å².